The third kappa shape index (κ3) is 3.82. The first-order chi connectivity index (χ1) is 13.4. The summed E-state index contributed by atoms with van der Waals surface area (Å²) in [4.78, 5) is 26.1. The molecule has 0 unspecified atom stereocenters. The van der Waals surface area contributed by atoms with E-state index in [4.69, 9.17) is 0 Å². The van der Waals surface area contributed by atoms with Crippen LogP contribution >= 0.6 is 12.4 Å². The molecule has 2 N–H and O–H groups in total. The van der Waals surface area contributed by atoms with Crippen molar-refractivity contribution in [2.45, 2.75) is 26.2 Å². The molecule has 9 nitrogen and oxygen atoms in total. The normalized spacial score (nSPS) is 23.4. The second-order valence-electron chi connectivity index (χ2n) is 7.57. The van der Waals surface area contributed by atoms with Crippen molar-refractivity contribution >= 4 is 30.0 Å². The fourth-order valence-electron chi connectivity index (χ4n) is 4.47. The van der Waals surface area contributed by atoms with Crippen LogP contribution in [-0.2, 0) is 9.59 Å². The predicted molar refractivity (Wildman–Crippen MR) is 104 cm³/mol. The minimum absolute atomic E-state index is 0. The Morgan fingerprint density at radius 2 is 2.21 bits per heavy atom. The van der Waals surface area contributed by atoms with Gasteiger partial charge in [-0.1, -0.05) is 6.42 Å². The number of tetrazole rings is 1. The van der Waals surface area contributed by atoms with Crippen molar-refractivity contribution in [3.63, 3.8) is 0 Å². The van der Waals surface area contributed by atoms with E-state index in [1.807, 2.05) is 4.90 Å². The monoisotopic (exact) mass is 424 g/mol. The number of aryl methyl sites for hydroxylation is 1. The summed E-state index contributed by atoms with van der Waals surface area (Å²) in [7, 11) is 0. The van der Waals surface area contributed by atoms with Crippen LogP contribution < -0.4 is 5.32 Å². The Hall–Kier alpha value is -2.59. The van der Waals surface area contributed by atoms with Crippen LogP contribution in [0.3, 0.4) is 0 Å². The van der Waals surface area contributed by atoms with Crippen molar-refractivity contribution in [3.8, 4) is 5.69 Å². The molecule has 1 saturated heterocycles. The number of carbonyl (C=O) groups excluding carboxylic acids is 1. The SMILES string of the molecule is Cc1nnnn1-c1ccc(F)c(NC(=O)CN2C[C@@H]3CCC[C@@]3(C(=O)O)C2)c1.Cl. The highest BCUT2D eigenvalue weighted by Gasteiger charge is 2.54. The van der Waals surface area contributed by atoms with Gasteiger partial charge in [0.15, 0.2) is 5.82 Å². The number of carboxylic acid groups (broad SMARTS) is 1. The Morgan fingerprint density at radius 3 is 2.86 bits per heavy atom. The van der Waals surface area contributed by atoms with E-state index in [1.165, 1.54) is 22.9 Å². The quantitative estimate of drug-likeness (QED) is 0.750. The number of halogens is 2. The van der Waals surface area contributed by atoms with Crippen LogP contribution in [0.1, 0.15) is 25.1 Å². The second-order valence-corrected chi connectivity index (χ2v) is 7.57. The first kappa shape index (κ1) is 21.1. The lowest BCUT2D eigenvalue weighted by atomic mass is 9.81. The summed E-state index contributed by atoms with van der Waals surface area (Å²) < 4.78 is 15.6. The smallest absolute Gasteiger partial charge is 0.311 e. The number of benzene rings is 1. The van der Waals surface area contributed by atoms with Crippen molar-refractivity contribution in [1.82, 2.24) is 25.1 Å². The van der Waals surface area contributed by atoms with Crippen molar-refractivity contribution in [1.29, 1.82) is 0 Å². The van der Waals surface area contributed by atoms with Gasteiger partial charge in [-0.05, 0) is 54.3 Å². The van der Waals surface area contributed by atoms with E-state index in [9.17, 15) is 19.1 Å². The van der Waals surface area contributed by atoms with Gasteiger partial charge in [-0.25, -0.2) is 4.39 Å². The van der Waals surface area contributed by atoms with Crippen molar-refractivity contribution in [3.05, 3.63) is 29.8 Å². The summed E-state index contributed by atoms with van der Waals surface area (Å²) in [5, 5.41) is 23.4. The number of nitrogens with one attached hydrogen (secondary N) is 1. The molecule has 0 spiro atoms. The third-order valence-electron chi connectivity index (χ3n) is 5.83. The number of anilines is 1. The molecule has 2 aliphatic rings. The van der Waals surface area contributed by atoms with Gasteiger partial charge in [0.1, 0.15) is 5.82 Å². The largest absolute Gasteiger partial charge is 0.481 e. The molecular formula is C18H22ClFN6O3. The van der Waals surface area contributed by atoms with E-state index in [1.54, 1.807) is 6.92 Å². The van der Waals surface area contributed by atoms with E-state index < -0.39 is 17.2 Å². The van der Waals surface area contributed by atoms with Crippen LogP contribution in [0.25, 0.3) is 5.69 Å². The number of hydrogen-bond acceptors (Lipinski definition) is 6. The number of hydrogen-bond donors (Lipinski definition) is 2. The van der Waals surface area contributed by atoms with E-state index >= 15 is 0 Å². The number of aromatic nitrogens is 4. The van der Waals surface area contributed by atoms with Crippen molar-refractivity contribution in [2.24, 2.45) is 11.3 Å². The summed E-state index contributed by atoms with van der Waals surface area (Å²) in [6.07, 6.45) is 2.42. The molecule has 29 heavy (non-hydrogen) atoms. The molecule has 2 fully saturated rings. The molecule has 1 aliphatic heterocycles. The number of amides is 1. The molecule has 2 heterocycles. The minimum atomic E-state index is -0.784. The summed E-state index contributed by atoms with van der Waals surface area (Å²) in [5.74, 6) is -1.13. The zero-order valence-corrected chi connectivity index (χ0v) is 16.7. The Bertz CT molecular complexity index is 938. The number of fused-ring (bicyclic) bond motifs is 1. The van der Waals surface area contributed by atoms with Crippen LogP contribution in [0.4, 0.5) is 10.1 Å². The summed E-state index contributed by atoms with van der Waals surface area (Å²) in [6.45, 7) is 2.67. The number of carbonyl (C=O) groups is 2. The first-order valence-electron chi connectivity index (χ1n) is 9.19. The average Bonchev–Trinajstić information content (AvgIpc) is 3.31. The maximum atomic E-state index is 14.2. The molecule has 0 bridgehead atoms. The fourth-order valence-corrected chi connectivity index (χ4v) is 4.47. The number of likely N-dealkylation sites (tertiary alicyclic amines) is 1. The Morgan fingerprint density at radius 1 is 1.41 bits per heavy atom. The zero-order chi connectivity index (χ0) is 19.9. The highest BCUT2D eigenvalue weighted by molar-refractivity contribution is 5.92. The van der Waals surface area contributed by atoms with Crippen LogP contribution in [0.15, 0.2) is 18.2 Å². The van der Waals surface area contributed by atoms with Crippen molar-refractivity contribution < 1.29 is 19.1 Å². The lowest BCUT2D eigenvalue weighted by molar-refractivity contribution is -0.149. The van der Waals surface area contributed by atoms with Crippen LogP contribution in [0.5, 0.6) is 0 Å². The predicted octanol–water partition coefficient (Wildman–Crippen LogP) is 1.66. The third-order valence-corrected chi connectivity index (χ3v) is 5.83. The summed E-state index contributed by atoms with van der Waals surface area (Å²) >= 11 is 0. The van der Waals surface area contributed by atoms with E-state index in [0.29, 0.717) is 31.0 Å². The Kier molecular flexibility index (Phi) is 5.85. The van der Waals surface area contributed by atoms with E-state index in [-0.39, 0.29) is 36.5 Å². The molecule has 4 rings (SSSR count). The van der Waals surface area contributed by atoms with Crippen LogP contribution in [-0.4, -0.2) is 61.7 Å². The number of rotatable bonds is 5. The summed E-state index contributed by atoms with van der Waals surface area (Å²) in [5.41, 5.74) is -0.187. The zero-order valence-electron chi connectivity index (χ0n) is 15.8. The summed E-state index contributed by atoms with van der Waals surface area (Å²) in [6, 6.07) is 4.23. The number of nitrogens with zero attached hydrogens (tertiary/aromatic N) is 5. The molecule has 1 aromatic carbocycles. The van der Waals surface area contributed by atoms with Gasteiger partial charge in [0, 0.05) is 13.1 Å². The molecule has 156 valence electrons. The number of carboxylic acids is 1. The van der Waals surface area contributed by atoms with Gasteiger partial charge in [-0.3, -0.25) is 14.5 Å². The van der Waals surface area contributed by atoms with Gasteiger partial charge >= 0.3 is 5.97 Å². The number of aliphatic carboxylic acids is 1. The van der Waals surface area contributed by atoms with E-state index in [0.717, 1.165) is 12.8 Å². The molecule has 11 heteroatoms. The lowest BCUT2D eigenvalue weighted by Gasteiger charge is -2.23. The molecule has 1 saturated carbocycles. The molecule has 1 amide bonds. The van der Waals surface area contributed by atoms with Crippen molar-refractivity contribution in [2.75, 3.05) is 25.0 Å². The highest BCUT2D eigenvalue weighted by Crippen LogP contribution is 2.48. The van der Waals surface area contributed by atoms with Gasteiger partial charge in [0.05, 0.1) is 23.3 Å². The molecule has 1 aromatic heterocycles. The molecule has 2 aromatic rings. The van der Waals surface area contributed by atoms with Gasteiger partial charge in [-0.2, -0.15) is 4.68 Å². The highest BCUT2D eigenvalue weighted by atomic mass is 35.5. The van der Waals surface area contributed by atoms with Crippen LogP contribution in [0.2, 0.25) is 0 Å². The maximum Gasteiger partial charge on any atom is 0.311 e. The Labute approximate surface area is 172 Å². The van der Waals surface area contributed by atoms with E-state index in [2.05, 4.69) is 20.8 Å². The van der Waals surface area contributed by atoms with Gasteiger partial charge in [0.2, 0.25) is 5.91 Å². The first-order valence-corrected chi connectivity index (χ1v) is 9.19. The molecule has 0 radical (unpaired) electrons. The molecule has 2 atom stereocenters. The maximum absolute atomic E-state index is 14.2. The minimum Gasteiger partial charge on any atom is -0.481 e. The molecular weight excluding hydrogens is 403 g/mol. The lowest BCUT2D eigenvalue weighted by Crippen LogP contribution is -2.37. The Balaban J connectivity index is 0.00000240. The van der Waals surface area contributed by atoms with Gasteiger partial charge in [-0.15, -0.1) is 17.5 Å². The average molecular weight is 425 g/mol. The second kappa shape index (κ2) is 8.03. The van der Waals surface area contributed by atoms with Gasteiger partial charge in [0.25, 0.3) is 0 Å². The standard InChI is InChI=1S/C18H21FN6O3.ClH/c1-11-21-22-23-25(11)13-4-5-14(19)15(7-13)20-16(26)9-24-8-12-3-2-6-18(12,10-24)17(27)28;/h4-5,7,12H,2-3,6,8-10H2,1H3,(H,20,26)(H,27,28);1H/t12-,18+;/m0./s1. The molecule has 1 aliphatic carbocycles. The van der Waals surface area contributed by atoms with Crippen LogP contribution in [0, 0.1) is 24.1 Å². The van der Waals surface area contributed by atoms with Gasteiger partial charge < -0.3 is 10.4 Å². The topological polar surface area (TPSA) is 113 Å². The fraction of sp³-hybridized carbons (Fsp3) is 0.500.